The molecule has 4 N–H and O–H groups in total. The van der Waals surface area contributed by atoms with Crippen LogP contribution in [0.2, 0.25) is 0 Å². The maximum Gasteiger partial charge on any atom is 0.165 e. The highest BCUT2D eigenvalue weighted by Gasteiger charge is 2.15. The molecule has 0 aliphatic carbocycles. The monoisotopic (exact) mass is 424 g/mol. The van der Waals surface area contributed by atoms with E-state index < -0.39 is 28.2 Å². The van der Waals surface area contributed by atoms with Crippen molar-refractivity contribution in [2.45, 2.75) is 18.7 Å². The first-order valence-corrected chi connectivity index (χ1v) is 9.96. The Bertz CT molecular complexity index is 1210. The van der Waals surface area contributed by atoms with Crippen LogP contribution in [0.1, 0.15) is 27.8 Å². The molecule has 0 spiro atoms. The van der Waals surface area contributed by atoms with Gasteiger partial charge in [-0.2, -0.15) is 0 Å². The Kier molecular flexibility index (Phi) is 6.23. The van der Waals surface area contributed by atoms with Gasteiger partial charge in [-0.25, -0.2) is 18.0 Å². The van der Waals surface area contributed by atoms with Gasteiger partial charge in [0, 0.05) is 23.5 Å². The second-order valence-corrected chi connectivity index (χ2v) is 7.78. The average molecular weight is 424 g/mol. The van der Waals surface area contributed by atoms with Crippen molar-refractivity contribution in [3.05, 3.63) is 82.0 Å². The van der Waals surface area contributed by atoms with Crippen molar-refractivity contribution in [3.63, 3.8) is 0 Å². The Morgan fingerprint density at radius 3 is 2.50 bits per heavy atom. The highest BCUT2D eigenvalue weighted by Crippen LogP contribution is 2.23. The molecule has 0 saturated carbocycles. The highest BCUT2D eigenvalue weighted by atomic mass is 32.2. The standard InChI is InChI=1S/C22H18F2N4OS/c1-13-7-14(2)9-17(8-13)30(29)28-20-6-5-19(23)18(21(20)24)4-3-15-10-16(11-25)22(26)27-12-15/h5-12,25,28H,1-2H3,(H2,26,27). The molecule has 0 saturated heterocycles. The van der Waals surface area contributed by atoms with Crippen LogP contribution in [0.5, 0.6) is 0 Å². The van der Waals surface area contributed by atoms with E-state index >= 15 is 0 Å². The number of nitrogens with two attached hydrogens (primary N) is 1. The van der Waals surface area contributed by atoms with E-state index in [0.717, 1.165) is 23.4 Å². The molecule has 0 aliphatic heterocycles. The maximum atomic E-state index is 14.9. The molecule has 1 unspecified atom stereocenters. The third-order valence-corrected chi connectivity index (χ3v) is 5.21. The molecule has 3 aromatic rings. The van der Waals surface area contributed by atoms with Gasteiger partial charge in [0.2, 0.25) is 0 Å². The Morgan fingerprint density at radius 2 is 1.83 bits per heavy atom. The van der Waals surface area contributed by atoms with E-state index in [1.807, 2.05) is 19.9 Å². The summed E-state index contributed by atoms with van der Waals surface area (Å²) in [6, 6.07) is 9.12. The minimum Gasteiger partial charge on any atom is -0.383 e. The highest BCUT2D eigenvalue weighted by molar-refractivity contribution is 7.86. The summed E-state index contributed by atoms with van der Waals surface area (Å²) in [5.41, 5.74) is 7.57. The molecule has 0 radical (unpaired) electrons. The molecule has 3 rings (SSSR count). The molecule has 5 nitrogen and oxygen atoms in total. The third-order valence-electron chi connectivity index (χ3n) is 4.14. The number of pyridine rings is 1. The largest absolute Gasteiger partial charge is 0.383 e. The van der Waals surface area contributed by atoms with Gasteiger partial charge in [-0.05, 0) is 55.3 Å². The van der Waals surface area contributed by atoms with Crippen molar-refractivity contribution in [3.8, 4) is 11.8 Å². The first-order chi connectivity index (χ1) is 14.3. The predicted molar refractivity (Wildman–Crippen MR) is 115 cm³/mol. The predicted octanol–water partition coefficient (Wildman–Crippen LogP) is 4.09. The van der Waals surface area contributed by atoms with Gasteiger partial charge in [0.1, 0.15) is 22.6 Å². The topological polar surface area (TPSA) is 91.9 Å². The Hall–Kier alpha value is -3.57. The van der Waals surface area contributed by atoms with Crippen LogP contribution in [-0.2, 0) is 11.0 Å². The van der Waals surface area contributed by atoms with E-state index in [1.165, 1.54) is 18.3 Å². The van der Waals surface area contributed by atoms with E-state index in [1.54, 1.807) is 12.1 Å². The van der Waals surface area contributed by atoms with Gasteiger partial charge in [0.05, 0.1) is 16.1 Å². The summed E-state index contributed by atoms with van der Waals surface area (Å²) in [5.74, 6) is 3.42. The van der Waals surface area contributed by atoms with E-state index in [4.69, 9.17) is 11.1 Å². The number of nitrogens with zero attached hydrogens (tertiary/aromatic N) is 1. The molecule has 2 aromatic carbocycles. The lowest BCUT2D eigenvalue weighted by Crippen LogP contribution is -2.08. The summed E-state index contributed by atoms with van der Waals surface area (Å²) in [5, 5.41) is 7.29. The SMILES string of the molecule is Cc1cc(C)cc(S(=O)Nc2ccc(F)c(C#Cc3cnc(N)c(C=N)c3)c2F)c1. The molecule has 1 atom stereocenters. The number of anilines is 2. The number of hydrogen-bond acceptors (Lipinski definition) is 4. The fourth-order valence-corrected chi connectivity index (χ4v) is 3.82. The third kappa shape index (κ3) is 4.70. The number of aryl methyl sites for hydroxylation is 2. The van der Waals surface area contributed by atoms with Gasteiger partial charge in [-0.3, -0.25) is 4.72 Å². The van der Waals surface area contributed by atoms with Crippen molar-refractivity contribution in [1.29, 1.82) is 5.41 Å². The van der Waals surface area contributed by atoms with Crippen LogP contribution in [-0.4, -0.2) is 15.4 Å². The molecule has 0 fully saturated rings. The fraction of sp³-hybridized carbons (Fsp3) is 0.0909. The summed E-state index contributed by atoms with van der Waals surface area (Å²) >= 11 is 0. The molecule has 0 bridgehead atoms. The van der Waals surface area contributed by atoms with E-state index in [-0.39, 0.29) is 11.5 Å². The number of benzene rings is 2. The molecular formula is C22H18F2N4OS. The molecule has 0 amide bonds. The van der Waals surface area contributed by atoms with Crippen LogP contribution in [0, 0.1) is 42.7 Å². The van der Waals surface area contributed by atoms with Crippen molar-refractivity contribution in [2.75, 3.05) is 10.5 Å². The van der Waals surface area contributed by atoms with Crippen LogP contribution < -0.4 is 10.5 Å². The Labute approximate surface area is 175 Å². The zero-order chi connectivity index (χ0) is 21.8. The van der Waals surface area contributed by atoms with Crippen LogP contribution in [0.4, 0.5) is 20.3 Å². The molecule has 1 heterocycles. The normalized spacial score (nSPS) is 11.3. The minimum absolute atomic E-state index is 0.131. The van der Waals surface area contributed by atoms with Crippen molar-refractivity contribution >= 4 is 28.7 Å². The van der Waals surface area contributed by atoms with Crippen LogP contribution in [0.25, 0.3) is 0 Å². The Balaban J connectivity index is 1.93. The summed E-state index contributed by atoms with van der Waals surface area (Å²) in [4.78, 5) is 4.38. The maximum absolute atomic E-state index is 14.9. The van der Waals surface area contributed by atoms with Crippen molar-refractivity contribution in [2.24, 2.45) is 0 Å². The van der Waals surface area contributed by atoms with Crippen LogP contribution in [0.15, 0.2) is 47.5 Å². The van der Waals surface area contributed by atoms with Gasteiger partial charge < -0.3 is 11.1 Å². The van der Waals surface area contributed by atoms with Gasteiger partial charge in [0.15, 0.2) is 5.82 Å². The molecule has 1 aromatic heterocycles. The van der Waals surface area contributed by atoms with Crippen LogP contribution >= 0.6 is 0 Å². The van der Waals surface area contributed by atoms with E-state index in [9.17, 15) is 13.0 Å². The Morgan fingerprint density at radius 1 is 1.13 bits per heavy atom. The molecule has 30 heavy (non-hydrogen) atoms. The van der Waals surface area contributed by atoms with Gasteiger partial charge in [0.25, 0.3) is 0 Å². The van der Waals surface area contributed by atoms with Gasteiger partial charge in [-0.15, -0.1) is 0 Å². The summed E-state index contributed by atoms with van der Waals surface area (Å²) < 4.78 is 44.2. The van der Waals surface area contributed by atoms with Crippen molar-refractivity contribution in [1.82, 2.24) is 4.98 Å². The second-order valence-electron chi connectivity index (χ2n) is 6.57. The lowest BCUT2D eigenvalue weighted by atomic mass is 10.1. The average Bonchev–Trinajstić information content (AvgIpc) is 2.70. The molecule has 152 valence electrons. The minimum atomic E-state index is -1.74. The first kappa shape index (κ1) is 21.1. The number of nitrogens with one attached hydrogen (secondary N) is 2. The van der Waals surface area contributed by atoms with E-state index in [2.05, 4.69) is 21.5 Å². The quantitative estimate of drug-likeness (QED) is 0.435. The fourth-order valence-electron chi connectivity index (χ4n) is 2.76. The number of hydrogen-bond donors (Lipinski definition) is 3. The zero-order valence-corrected chi connectivity index (χ0v) is 17.0. The lowest BCUT2D eigenvalue weighted by molar-refractivity contribution is 0.580. The van der Waals surface area contributed by atoms with Gasteiger partial charge in [-0.1, -0.05) is 17.9 Å². The zero-order valence-electron chi connectivity index (χ0n) is 16.2. The smallest absolute Gasteiger partial charge is 0.165 e. The summed E-state index contributed by atoms with van der Waals surface area (Å²) in [6.45, 7) is 3.74. The summed E-state index contributed by atoms with van der Waals surface area (Å²) in [7, 11) is -1.74. The number of nitrogen functional groups attached to an aromatic ring is 1. The van der Waals surface area contributed by atoms with Gasteiger partial charge >= 0.3 is 0 Å². The lowest BCUT2D eigenvalue weighted by Gasteiger charge is -2.10. The molecule has 8 heteroatoms. The number of halogens is 2. The van der Waals surface area contributed by atoms with Crippen molar-refractivity contribution < 1.29 is 13.0 Å². The first-order valence-electron chi connectivity index (χ1n) is 8.81. The molecule has 0 aliphatic rings. The number of rotatable bonds is 4. The van der Waals surface area contributed by atoms with E-state index in [0.29, 0.717) is 16.0 Å². The molecular weight excluding hydrogens is 406 g/mol. The second kappa shape index (κ2) is 8.84. The number of aromatic nitrogens is 1. The van der Waals surface area contributed by atoms with Crippen LogP contribution in [0.3, 0.4) is 0 Å². The summed E-state index contributed by atoms with van der Waals surface area (Å²) in [6.07, 6.45) is 2.36.